The molecule has 0 N–H and O–H groups in total. The van der Waals surface area contributed by atoms with Crippen molar-refractivity contribution >= 4 is 17.4 Å². The Bertz CT molecular complexity index is 373. The molecule has 102 valence electrons. The molecule has 1 heterocycles. The van der Waals surface area contributed by atoms with E-state index in [1.807, 2.05) is 13.0 Å². The van der Waals surface area contributed by atoms with Crippen molar-refractivity contribution in [1.29, 1.82) is 0 Å². The second-order valence-corrected chi connectivity index (χ2v) is 4.65. The quantitative estimate of drug-likeness (QED) is 0.715. The first kappa shape index (κ1) is 15.2. The SMILES string of the molecule is CCc1nc(Cl)cc(N(CCOC)C(C)CC)n1. The van der Waals surface area contributed by atoms with Gasteiger partial charge in [0.15, 0.2) is 0 Å². The van der Waals surface area contributed by atoms with Gasteiger partial charge >= 0.3 is 0 Å². The number of hydrogen-bond donors (Lipinski definition) is 0. The Hall–Kier alpha value is -0.870. The van der Waals surface area contributed by atoms with Crippen LogP contribution in [0.1, 0.15) is 33.0 Å². The van der Waals surface area contributed by atoms with Crippen molar-refractivity contribution in [3.63, 3.8) is 0 Å². The van der Waals surface area contributed by atoms with Crippen molar-refractivity contribution < 1.29 is 4.74 Å². The summed E-state index contributed by atoms with van der Waals surface area (Å²) in [6, 6.07) is 2.22. The molecule has 18 heavy (non-hydrogen) atoms. The van der Waals surface area contributed by atoms with Gasteiger partial charge in [-0.2, -0.15) is 0 Å². The van der Waals surface area contributed by atoms with Crippen LogP contribution in [0.3, 0.4) is 0 Å². The van der Waals surface area contributed by atoms with Crippen LogP contribution in [0.25, 0.3) is 0 Å². The maximum absolute atomic E-state index is 6.05. The fourth-order valence-corrected chi connectivity index (χ4v) is 1.92. The average molecular weight is 272 g/mol. The molecule has 5 heteroatoms. The van der Waals surface area contributed by atoms with E-state index in [4.69, 9.17) is 16.3 Å². The van der Waals surface area contributed by atoms with Crippen molar-refractivity contribution in [1.82, 2.24) is 9.97 Å². The topological polar surface area (TPSA) is 38.2 Å². The summed E-state index contributed by atoms with van der Waals surface area (Å²) < 4.78 is 5.16. The highest BCUT2D eigenvalue weighted by atomic mass is 35.5. The van der Waals surface area contributed by atoms with Gasteiger partial charge in [0, 0.05) is 32.2 Å². The second kappa shape index (κ2) is 7.54. The minimum atomic E-state index is 0.399. The van der Waals surface area contributed by atoms with E-state index in [2.05, 4.69) is 28.7 Å². The molecular weight excluding hydrogens is 250 g/mol. The Morgan fingerprint density at radius 1 is 1.39 bits per heavy atom. The van der Waals surface area contributed by atoms with Crippen LogP contribution in [0.5, 0.6) is 0 Å². The van der Waals surface area contributed by atoms with Crippen LogP contribution in [0, 0.1) is 0 Å². The zero-order valence-electron chi connectivity index (χ0n) is 11.6. The normalized spacial score (nSPS) is 12.5. The highest BCUT2D eigenvalue weighted by Gasteiger charge is 2.15. The Morgan fingerprint density at radius 2 is 2.11 bits per heavy atom. The van der Waals surface area contributed by atoms with Crippen molar-refractivity contribution in [3.05, 3.63) is 17.0 Å². The molecule has 0 aliphatic rings. The number of nitrogens with zero attached hydrogens (tertiary/aromatic N) is 3. The summed E-state index contributed by atoms with van der Waals surface area (Å²) in [5.41, 5.74) is 0. The Kier molecular flexibility index (Phi) is 6.36. The summed E-state index contributed by atoms with van der Waals surface area (Å²) in [6.45, 7) is 7.85. The lowest BCUT2D eigenvalue weighted by atomic mass is 10.2. The van der Waals surface area contributed by atoms with Crippen LogP contribution in [-0.4, -0.2) is 36.3 Å². The summed E-state index contributed by atoms with van der Waals surface area (Å²) >= 11 is 6.05. The van der Waals surface area contributed by atoms with Gasteiger partial charge in [-0.1, -0.05) is 25.4 Å². The van der Waals surface area contributed by atoms with Crippen LogP contribution in [0.15, 0.2) is 6.07 Å². The van der Waals surface area contributed by atoms with E-state index in [9.17, 15) is 0 Å². The van der Waals surface area contributed by atoms with Gasteiger partial charge in [-0.25, -0.2) is 9.97 Å². The van der Waals surface area contributed by atoms with E-state index in [0.29, 0.717) is 17.8 Å². The lowest BCUT2D eigenvalue weighted by Gasteiger charge is -2.29. The van der Waals surface area contributed by atoms with Gasteiger partial charge in [0.05, 0.1) is 6.61 Å². The monoisotopic (exact) mass is 271 g/mol. The molecule has 0 radical (unpaired) electrons. The fourth-order valence-electron chi connectivity index (χ4n) is 1.73. The first-order valence-electron chi connectivity index (χ1n) is 6.41. The average Bonchev–Trinajstić information content (AvgIpc) is 2.38. The van der Waals surface area contributed by atoms with Crippen LogP contribution < -0.4 is 4.90 Å². The van der Waals surface area contributed by atoms with Crippen LogP contribution in [0.4, 0.5) is 5.82 Å². The van der Waals surface area contributed by atoms with Crippen molar-refractivity contribution in [3.8, 4) is 0 Å². The minimum Gasteiger partial charge on any atom is -0.383 e. The highest BCUT2D eigenvalue weighted by Crippen LogP contribution is 2.19. The first-order chi connectivity index (χ1) is 8.62. The molecule has 1 aromatic rings. The van der Waals surface area contributed by atoms with Gasteiger partial charge in [0.1, 0.15) is 16.8 Å². The van der Waals surface area contributed by atoms with E-state index in [1.54, 1.807) is 7.11 Å². The molecule has 0 saturated heterocycles. The molecule has 0 bridgehead atoms. The molecule has 0 aliphatic carbocycles. The zero-order chi connectivity index (χ0) is 13.5. The number of halogens is 1. The first-order valence-corrected chi connectivity index (χ1v) is 6.79. The number of aryl methyl sites for hydroxylation is 1. The number of rotatable bonds is 7. The van der Waals surface area contributed by atoms with Crippen LogP contribution in [-0.2, 0) is 11.2 Å². The number of aromatic nitrogens is 2. The molecular formula is C13H22ClN3O. The zero-order valence-corrected chi connectivity index (χ0v) is 12.4. The second-order valence-electron chi connectivity index (χ2n) is 4.26. The summed E-state index contributed by atoms with van der Waals surface area (Å²) in [5.74, 6) is 1.67. The largest absolute Gasteiger partial charge is 0.383 e. The third-order valence-electron chi connectivity index (χ3n) is 3.00. The minimum absolute atomic E-state index is 0.399. The highest BCUT2D eigenvalue weighted by molar-refractivity contribution is 6.29. The Morgan fingerprint density at radius 3 is 2.67 bits per heavy atom. The van der Waals surface area contributed by atoms with Gasteiger partial charge in [0.25, 0.3) is 0 Å². The molecule has 4 nitrogen and oxygen atoms in total. The van der Waals surface area contributed by atoms with E-state index in [1.165, 1.54) is 0 Å². The third-order valence-corrected chi connectivity index (χ3v) is 3.19. The van der Waals surface area contributed by atoms with Gasteiger partial charge in [-0.15, -0.1) is 0 Å². The van der Waals surface area contributed by atoms with Gasteiger partial charge in [0.2, 0.25) is 0 Å². The molecule has 1 atom stereocenters. The molecule has 0 aromatic carbocycles. The Labute approximate surface area is 114 Å². The summed E-state index contributed by atoms with van der Waals surface area (Å²) in [7, 11) is 1.71. The van der Waals surface area contributed by atoms with Crippen LogP contribution >= 0.6 is 11.6 Å². The molecule has 0 saturated carbocycles. The Balaban J connectivity index is 2.99. The summed E-state index contributed by atoms with van der Waals surface area (Å²) in [5, 5.41) is 0.502. The lowest BCUT2D eigenvalue weighted by molar-refractivity contribution is 0.203. The molecule has 1 aromatic heterocycles. The maximum atomic E-state index is 6.05. The van der Waals surface area contributed by atoms with E-state index in [0.717, 1.165) is 31.0 Å². The molecule has 0 fully saturated rings. The van der Waals surface area contributed by atoms with E-state index in [-0.39, 0.29) is 0 Å². The van der Waals surface area contributed by atoms with Crippen molar-refractivity contribution in [2.75, 3.05) is 25.2 Å². The van der Waals surface area contributed by atoms with E-state index < -0.39 is 0 Å². The van der Waals surface area contributed by atoms with Crippen molar-refractivity contribution in [2.45, 2.75) is 39.7 Å². The summed E-state index contributed by atoms with van der Waals surface area (Å²) in [4.78, 5) is 11.0. The predicted octanol–water partition coefficient (Wildman–Crippen LogP) is 2.94. The predicted molar refractivity (Wildman–Crippen MR) is 75.4 cm³/mol. The summed E-state index contributed by atoms with van der Waals surface area (Å²) in [6.07, 6.45) is 1.83. The van der Waals surface area contributed by atoms with Gasteiger partial charge in [-0.05, 0) is 13.3 Å². The molecule has 0 aliphatic heterocycles. The number of hydrogen-bond acceptors (Lipinski definition) is 4. The number of ether oxygens (including phenoxy) is 1. The van der Waals surface area contributed by atoms with Crippen molar-refractivity contribution in [2.24, 2.45) is 0 Å². The van der Waals surface area contributed by atoms with Gasteiger partial charge in [-0.3, -0.25) is 0 Å². The third kappa shape index (κ3) is 4.10. The number of methoxy groups -OCH3 is 1. The maximum Gasteiger partial charge on any atom is 0.134 e. The molecule has 1 rings (SSSR count). The standard InChI is InChI=1S/C13H22ClN3O/c1-5-10(3)17(7-8-18-4)13-9-11(14)15-12(6-2)16-13/h9-10H,5-8H2,1-4H3. The van der Waals surface area contributed by atoms with Crippen LogP contribution in [0.2, 0.25) is 5.15 Å². The smallest absolute Gasteiger partial charge is 0.134 e. The fraction of sp³-hybridized carbons (Fsp3) is 0.692. The molecule has 0 spiro atoms. The lowest BCUT2D eigenvalue weighted by Crippen LogP contribution is -2.36. The molecule has 0 amide bonds. The van der Waals surface area contributed by atoms with E-state index >= 15 is 0 Å². The van der Waals surface area contributed by atoms with Gasteiger partial charge < -0.3 is 9.64 Å². The molecule has 1 unspecified atom stereocenters. The number of anilines is 1.